The number of carbonyl (C=O) groups is 2. The van der Waals surface area contributed by atoms with E-state index in [2.05, 4.69) is 10.6 Å². The first-order chi connectivity index (χ1) is 11.0. The van der Waals surface area contributed by atoms with Crippen LogP contribution in [-0.2, 0) is 16.1 Å². The van der Waals surface area contributed by atoms with Crippen LogP contribution in [0.4, 0.5) is 0 Å². The van der Waals surface area contributed by atoms with Crippen molar-refractivity contribution in [3.63, 3.8) is 0 Å². The minimum absolute atomic E-state index is 0.0703. The minimum atomic E-state index is -0.861. The maximum Gasteiger partial charge on any atom is 0.245 e. The summed E-state index contributed by atoms with van der Waals surface area (Å²) >= 11 is 0. The molecule has 6 nitrogen and oxygen atoms in total. The first-order valence-electron chi connectivity index (χ1n) is 7.79. The molecule has 1 saturated heterocycles. The van der Waals surface area contributed by atoms with Gasteiger partial charge < -0.3 is 20.1 Å². The lowest BCUT2D eigenvalue weighted by Gasteiger charge is -2.28. The van der Waals surface area contributed by atoms with Crippen molar-refractivity contribution in [2.45, 2.75) is 44.7 Å². The van der Waals surface area contributed by atoms with Gasteiger partial charge in [-0.15, -0.1) is 0 Å². The third kappa shape index (κ3) is 4.15. The van der Waals surface area contributed by atoms with E-state index in [1.807, 2.05) is 6.07 Å². The topological polar surface area (TPSA) is 76.7 Å². The SMILES string of the molecule is COc1ccc(OC)c(CNC(=O)C2(C)CCCCC(=O)N2)c1. The van der Waals surface area contributed by atoms with Gasteiger partial charge in [0.1, 0.15) is 17.0 Å². The number of hydrogen-bond acceptors (Lipinski definition) is 4. The molecule has 0 saturated carbocycles. The average molecular weight is 320 g/mol. The number of hydrogen-bond donors (Lipinski definition) is 2. The van der Waals surface area contributed by atoms with E-state index in [-0.39, 0.29) is 11.8 Å². The van der Waals surface area contributed by atoms with Crippen LogP contribution in [0.25, 0.3) is 0 Å². The molecule has 1 aliphatic heterocycles. The maximum atomic E-state index is 12.5. The minimum Gasteiger partial charge on any atom is -0.497 e. The van der Waals surface area contributed by atoms with Gasteiger partial charge in [0.2, 0.25) is 11.8 Å². The molecule has 1 atom stereocenters. The first-order valence-corrected chi connectivity index (χ1v) is 7.79. The van der Waals surface area contributed by atoms with Crippen molar-refractivity contribution in [2.75, 3.05) is 14.2 Å². The lowest BCUT2D eigenvalue weighted by Crippen LogP contribution is -2.55. The van der Waals surface area contributed by atoms with Gasteiger partial charge >= 0.3 is 0 Å². The lowest BCUT2D eigenvalue weighted by atomic mass is 9.95. The van der Waals surface area contributed by atoms with Gasteiger partial charge in [-0.2, -0.15) is 0 Å². The zero-order valence-electron chi connectivity index (χ0n) is 13.9. The number of nitrogens with one attached hydrogen (secondary N) is 2. The number of rotatable bonds is 5. The predicted molar refractivity (Wildman–Crippen MR) is 86.4 cm³/mol. The number of benzene rings is 1. The summed E-state index contributed by atoms with van der Waals surface area (Å²) in [5.41, 5.74) is -0.0385. The first kappa shape index (κ1) is 17.1. The molecular formula is C17H24N2O4. The zero-order valence-corrected chi connectivity index (χ0v) is 13.9. The highest BCUT2D eigenvalue weighted by Gasteiger charge is 2.35. The Kier molecular flexibility index (Phi) is 5.47. The summed E-state index contributed by atoms with van der Waals surface area (Å²) in [6.07, 6.45) is 2.79. The van der Waals surface area contributed by atoms with Gasteiger partial charge in [-0.1, -0.05) is 6.42 Å². The Hall–Kier alpha value is -2.24. The van der Waals surface area contributed by atoms with Gasteiger partial charge in [0, 0.05) is 18.5 Å². The molecule has 1 heterocycles. The van der Waals surface area contributed by atoms with Crippen molar-refractivity contribution in [1.82, 2.24) is 10.6 Å². The van der Waals surface area contributed by atoms with Gasteiger partial charge in [0.05, 0.1) is 14.2 Å². The van der Waals surface area contributed by atoms with E-state index < -0.39 is 5.54 Å². The molecule has 126 valence electrons. The van der Waals surface area contributed by atoms with E-state index in [1.54, 1.807) is 33.3 Å². The molecule has 0 aliphatic carbocycles. The third-order valence-electron chi connectivity index (χ3n) is 4.17. The van der Waals surface area contributed by atoms with Crippen LogP contribution >= 0.6 is 0 Å². The molecular weight excluding hydrogens is 296 g/mol. The molecule has 6 heteroatoms. The second-order valence-electron chi connectivity index (χ2n) is 5.95. The van der Waals surface area contributed by atoms with Crippen molar-refractivity contribution < 1.29 is 19.1 Å². The average Bonchev–Trinajstić information content (AvgIpc) is 2.73. The number of carbonyl (C=O) groups excluding carboxylic acids is 2. The molecule has 1 aliphatic rings. The van der Waals surface area contributed by atoms with Gasteiger partial charge in [0.25, 0.3) is 0 Å². The van der Waals surface area contributed by atoms with Crippen LogP contribution < -0.4 is 20.1 Å². The summed E-state index contributed by atoms with van der Waals surface area (Å²) in [4.78, 5) is 24.3. The fourth-order valence-corrected chi connectivity index (χ4v) is 2.76. The molecule has 1 aromatic rings. The molecule has 0 bridgehead atoms. The fourth-order valence-electron chi connectivity index (χ4n) is 2.76. The zero-order chi connectivity index (χ0) is 16.9. The largest absolute Gasteiger partial charge is 0.497 e. The maximum absolute atomic E-state index is 12.5. The molecule has 0 radical (unpaired) electrons. The highest BCUT2D eigenvalue weighted by atomic mass is 16.5. The molecule has 1 unspecified atom stereocenters. The Morgan fingerprint density at radius 1 is 1.30 bits per heavy atom. The van der Waals surface area contributed by atoms with Crippen LogP contribution in [0.15, 0.2) is 18.2 Å². The van der Waals surface area contributed by atoms with Crippen LogP contribution in [-0.4, -0.2) is 31.6 Å². The normalized spacial score (nSPS) is 21.1. The number of amides is 2. The van der Waals surface area contributed by atoms with Crippen molar-refractivity contribution in [3.8, 4) is 11.5 Å². The molecule has 2 amide bonds. The predicted octanol–water partition coefficient (Wildman–Crippen LogP) is 1.77. The van der Waals surface area contributed by atoms with Crippen molar-refractivity contribution in [1.29, 1.82) is 0 Å². The van der Waals surface area contributed by atoms with Crippen molar-refractivity contribution >= 4 is 11.8 Å². The van der Waals surface area contributed by atoms with Crippen LogP contribution in [0.1, 0.15) is 38.2 Å². The highest BCUT2D eigenvalue weighted by Crippen LogP contribution is 2.24. The summed E-state index contributed by atoms with van der Waals surface area (Å²) < 4.78 is 10.5. The van der Waals surface area contributed by atoms with Crippen LogP contribution in [0.3, 0.4) is 0 Å². The van der Waals surface area contributed by atoms with Crippen molar-refractivity contribution in [3.05, 3.63) is 23.8 Å². The summed E-state index contributed by atoms with van der Waals surface area (Å²) in [5.74, 6) is 1.13. The van der Waals surface area contributed by atoms with Gasteiger partial charge in [0.15, 0.2) is 0 Å². The second-order valence-corrected chi connectivity index (χ2v) is 5.95. The summed E-state index contributed by atoms with van der Waals surface area (Å²) in [6, 6.07) is 5.43. The smallest absolute Gasteiger partial charge is 0.245 e. The van der Waals surface area contributed by atoms with E-state index in [0.29, 0.717) is 30.9 Å². The monoisotopic (exact) mass is 320 g/mol. The van der Waals surface area contributed by atoms with E-state index in [0.717, 1.165) is 18.4 Å². The third-order valence-corrected chi connectivity index (χ3v) is 4.17. The highest BCUT2D eigenvalue weighted by molar-refractivity contribution is 5.91. The summed E-state index contributed by atoms with van der Waals surface area (Å²) in [5, 5.41) is 5.73. The van der Waals surface area contributed by atoms with Crippen LogP contribution in [0, 0.1) is 0 Å². The van der Waals surface area contributed by atoms with E-state index in [4.69, 9.17) is 9.47 Å². The fraction of sp³-hybridized carbons (Fsp3) is 0.529. The van der Waals surface area contributed by atoms with Crippen LogP contribution in [0.5, 0.6) is 11.5 Å². The Morgan fingerprint density at radius 3 is 2.78 bits per heavy atom. The Labute approximate surface area is 136 Å². The van der Waals surface area contributed by atoms with E-state index in [1.165, 1.54) is 0 Å². The molecule has 2 N–H and O–H groups in total. The quantitative estimate of drug-likeness (QED) is 0.867. The van der Waals surface area contributed by atoms with Crippen LogP contribution in [0.2, 0.25) is 0 Å². The second kappa shape index (κ2) is 7.35. The molecule has 1 aromatic carbocycles. The molecule has 0 spiro atoms. The Bertz CT molecular complexity index is 588. The number of methoxy groups -OCH3 is 2. The standard InChI is InChI=1S/C17H24N2O4/c1-17(9-5-4-6-15(20)19-17)16(21)18-11-12-10-13(22-2)7-8-14(12)23-3/h7-8,10H,4-6,9,11H2,1-3H3,(H,18,21)(H,19,20). The molecule has 1 fully saturated rings. The summed E-state index contributed by atoms with van der Waals surface area (Å²) in [6.45, 7) is 2.08. The Morgan fingerprint density at radius 2 is 2.09 bits per heavy atom. The van der Waals surface area contributed by atoms with Crippen molar-refractivity contribution in [2.24, 2.45) is 0 Å². The molecule has 0 aromatic heterocycles. The Balaban J connectivity index is 2.07. The molecule has 2 rings (SSSR count). The summed E-state index contributed by atoms with van der Waals surface area (Å²) in [7, 11) is 3.17. The number of ether oxygens (including phenoxy) is 2. The molecule has 23 heavy (non-hydrogen) atoms. The van der Waals surface area contributed by atoms with E-state index in [9.17, 15) is 9.59 Å². The van der Waals surface area contributed by atoms with Gasteiger partial charge in [-0.05, 0) is 38.0 Å². The van der Waals surface area contributed by atoms with Gasteiger partial charge in [-0.3, -0.25) is 9.59 Å². The van der Waals surface area contributed by atoms with E-state index >= 15 is 0 Å². The van der Waals surface area contributed by atoms with Gasteiger partial charge in [-0.25, -0.2) is 0 Å². The lowest BCUT2D eigenvalue weighted by molar-refractivity contribution is -0.132.